The van der Waals surface area contributed by atoms with Crippen molar-refractivity contribution in [2.24, 2.45) is 0 Å². The lowest BCUT2D eigenvalue weighted by Gasteiger charge is -2.38. The van der Waals surface area contributed by atoms with Gasteiger partial charge in [-0.2, -0.15) is 0 Å². The molecule has 1 aliphatic heterocycles. The molecular formula is C22H30N2O. The van der Waals surface area contributed by atoms with Crippen LogP contribution in [0, 0.1) is 0 Å². The van der Waals surface area contributed by atoms with E-state index in [1.807, 2.05) is 6.07 Å². The molecule has 1 unspecified atom stereocenters. The Morgan fingerprint density at radius 2 is 1.76 bits per heavy atom. The van der Waals surface area contributed by atoms with Gasteiger partial charge in [0.15, 0.2) is 0 Å². The maximum atomic E-state index is 10.7. The second kappa shape index (κ2) is 9.14. The molecule has 1 heterocycles. The van der Waals surface area contributed by atoms with Crippen LogP contribution in [-0.2, 0) is 6.54 Å². The highest BCUT2D eigenvalue weighted by molar-refractivity contribution is 5.19. The molecule has 1 saturated heterocycles. The molecule has 0 aromatic heterocycles. The highest BCUT2D eigenvalue weighted by Gasteiger charge is 2.29. The van der Waals surface area contributed by atoms with E-state index in [1.54, 1.807) is 0 Å². The van der Waals surface area contributed by atoms with E-state index in [9.17, 15) is 5.11 Å². The fourth-order valence-corrected chi connectivity index (χ4v) is 3.76. The van der Waals surface area contributed by atoms with E-state index >= 15 is 0 Å². The summed E-state index contributed by atoms with van der Waals surface area (Å²) in [7, 11) is 0. The molecule has 2 aromatic rings. The first-order valence-electron chi connectivity index (χ1n) is 9.51. The van der Waals surface area contributed by atoms with Crippen molar-refractivity contribution in [3.8, 4) is 0 Å². The first-order valence-corrected chi connectivity index (χ1v) is 9.51. The summed E-state index contributed by atoms with van der Waals surface area (Å²) in [4.78, 5) is 2.36. The van der Waals surface area contributed by atoms with Gasteiger partial charge in [0, 0.05) is 31.7 Å². The first-order chi connectivity index (χ1) is 12.3. The lowest BCUT2D eigenvalue weighted by molar-refractivity contribution is 0.0324. The topological polar surface area (TPSA) is 35.5 Å². The van der Waals surface area contributed by atoms with Crippen LogP contribution in [0.5, 0.6) is 0 Å². The van der Waals surface area contributed by atoms with Gasteiger partial charge in [-0.3, -0.25) is 4.90 Å². The van der Waals surface area contributed by atoms with E-state index in [-0.39, 0.29) is 12.1 Å². The molecule has 3 rings (SSSR count). The monoisotopic (exact) mass is 338 g/mol. The second-order valence-electron chi connectivity index (χ2n) is 7.10. The predicted molar refractivity (Wildman–Crippen MR) is 103 cm³/mol. The minimum atomic E-state index is -0.319. The number of β-amino-alcohol motifs (C(OH)–C–C–N with tert-alkyl or cyclic N) is 1. The third-order valence-corrected chi connectivity index (χ3v) is 5.11. The van der Waals surface area contributed by atoms with Gasteiger partial charge in [0.25, 0.3) is 0 Å². The normalized spacial score (nSPS) is 22.6. The molecule has 1 fully saturated rings. The summed E-state index contributed by atoms with van der Waals surface area (Å²) in [5, 5.41) is 14.4. The van der Waals surface area contributed by atoms with Crippen molar-refractivity contribution in [1.82, 2.24) is 10.2 Å². The largest absolute Gasteiger partial charge is 0.390 e. The van der Waals surface area contributed by atoms with E-state index in [2.05, 4.69) is 71.7 Å². The van der Waals surface area contributed by atoms with Crippen molar-refractivity contribution in [3.63, 3.8) is 0 Å². The molecule has 0 amide bonds. The predicted octanol–water partition coefficient (Wildman–Crippen LogP) is 3.75. The molecule has 2 N–H and O–H groups in total. The first kappa shape index (κ1) is 18.1. The summed E-state index contributed by atoms with van der Waals surface area (Å²) in [5.74, 6) is 0. The van der Waals surface area contributed by atoms with Crippen LogP contribution in [0.3, 0.4) is 0 Å². The van der Waals surface area contributed by atoms with Gasteiger partial charge in [-0.1, -0.05) is 74.0 Å². The maximum absolute atomic E-state index is 10.7. The molecule has 25 heavy (non-hydrogen) atoms. The molecular weight excluding hydrogens is 308 g/mol. The summed E-state index contributed by atoms with van der Waals surface area (Å²) in [6, 6.07) is 21.6. The van der Waals surface area contributed by atoms with Gasteiger partial charge in [-0.25, -0.2) is 0 Å². The molecule has 0 aliphatic carbocycles. The van der Waals surface area contributed by atoms with E-state index in [0.29, 0.717) is 6.04 Å². The lowest BCUT2D eigenvalue weighted by Crippen LogP contribution is -2.53. The highest BCUT2D eigenvalue weighted by atomic mass is 16.3. The molecule has 0 spiro atoms. The van der Waals surface area contributed by atoms with Gasteiger partial charge in [-0.05, 0) is 24.0 Å². The van der Waals surface area contributed by atoms with Gasteiger partial charge < -0.3 is 10.4 Å². The Balaban J connectivity index is 1.57. The number of rotatable bonds is 7. The second-order valence-corrected chi connectivity index (χ2v) is 7.10. The van der Waals surface area contributed by atoms with E-state index in [1.165, 1.54) is 11.1 Å². The zero-order chi connectivity index (χ0) is 17.5. The molecule has 2 aromatic carbocycles. The van der Waals surface area contributed by atoms with Crippen molar-refractivity contribution >= 4 is 0 Å². The number of hydrogen-bond donors (Lipinski definition) is 2. The number of benzene rings is 2. The highest BCUT2D eigenvalue weighted by Crippen LogP contribution is 2.22. The van der Waals surface area contributed by atoms with Crippen molar-refractivity contribution in [3.05, 3.63) is 71.8 Å². The van der Waals surface area contributed by atoms with Crippen LogP contribution in [0.15, 0.2) is 60.7 Å². The summed E-state index contributed by atoms with van der Waals surface area (Å²) >= 11 is 0. The molecule has 0 radical (unpaired) electrons. The molecule has 1 aliphatic rings. The van der Waals surface area contributed by atoms with Crippen LogP contribution in [0.25, 0.3) is 0 Å². The number of hydrogen-bond acceptors (Lipinski definition) is 3. The van der Waals surface area contributed by atoms with E-state index < -0.39 is 0 Å². The summed E-state index contributed by atoms with van der Waals surface area (Å²) in [6.45, 7) is 4.90. The van der Waals surface area contributed by atoms with Crippen molar-refractivity contribution in [2.45, 2.75) is 50.9 Å². The number of nitrogens with one attached hydrogen (secondary N) is 1. The Morgan fingerprint density at radius 1 is 1.08 bits per heavy atom. The minimum absolute atomic E-state index is 0.170. The van der Waals surface area contributed by atoms with Crippen LogP contribution in [0.2, 0.25) is 0 Å². The Morgan fingerprint density at radius 3 is 2.40 bits per heavy atom. The van der Waals surface area contributed by atoms with Gasteiger partial charge >= 0.3 is 0 Å². The third kappa shape index (κ3) is 5.15. The van der Waals surface area contributed by atoms with Crippen LogP contribution >= 0.6 is 0 Å². The van der Waals surface area contributed by atoms with Crippen LogP contribution in [-0.4, -0.2) is 35.2 Å². The molecule has 3 heteroatoms. The number of piperidine rings is 1. The number of nitrogens with zero attached hydrogens (tertiary/aromatic N) is 1. The number of likely N-dealkylation sites (tertiary alicyclic amines) is 1. The maximum Gasteiger partial charge on any atom is 0.0820 e. The Bertz CT molecular complexity index is 616. The molecule has 0 bridgehead atoms. The van der Waals surface area contributed by atoms with Crippen LogP contribution in [0.4, 0.5) is 0 Å². The smallest absolute Gasteiger partial charge is 0.0820 e. The van der Waals surface area contributed by atoms with Crippen molar-refractivity contribution in [1.29, 1.82) is 0 Å². The number of aliphatic hydroxyl groups is 1. The standard InChI is InChI=1S/C22H30N2O/c1-2-9-20(19-12-7-4-8-13-19)23-21-14-15-24(17-22(21)25)16-18-10-5-3-6-11-18/h3-8,10-13,20-23,25H,2,9,14-17H2,1H3/t20?,21-,22-/m1/s1. The van der Waals surface area contributed by atoms with Gasteiger partial charge in [0.2, 0.25) is 0 Å². The Kier molecular flexibility index (Phi) is 6.62. The van der Waals surface area contributed by atoms with Crippen LogP contribution in [0.1, 0.15) is 43.4 Å². The quantitative estimate of drug-likeness (QED) is 0.807. The molecule has 3 atom stereocenters. The Labute approximate surface area is 151 Å². The van der Waals surface area contributed by atoms with Gasteiger partial charge in [0.1, 0.15) is 0 Å². The fourth-order valence-electron chi connectivity index (χ4n) is 3.76. The van der Waals surface area contributed by atoms with Gasteiger partial charge in [0.05, 0.1) is 6.10 Å². The third-order valence-electron chi connectivity index (χ3n) is 5.11. The Hall–Kier alpha value is -1.68. The lowest BCUT2D eigenvalue weighted by atomic mass is 9.96. The molecule has 0 saturated carbocycles. The summed E-state index contributed by atoms with van der Waals surface area (Å²) in [5.41, 5.74) is 2.64. The fraction of sp³-hybridized carbons (Fsp3) is 0.455. The minimum Gasteiger partial charge on any atom is -0.390 e. The number of aliphatic hydroxyl groups excluding tert-OH is 1. The molecule has 3 nitrogen and oxygen atoms in total. The average molecular weight is 338 g/mol. The van der Waals surface area contributed by atoms with E-state index in [0.717, 1.165) is 38.9 Å². The van der Waals surface area contributed by atoms with Gasteiger partial charge in [-0.15, -0.1) is 0 Å². The average Bonchev–Trinajstić information content (AvgIpc) is 2.65. The van der Waals surface area contributed by atoms with Crippen molar-refractivity contribution < 1.29 is 5.11 Å². The summed E-state index contributed by atoms with van der Waals surface area (Å²) in [6.07, 6.45) is 2.90. The van der Waals surface area contributed by atoms with Crippen molar-refractivity contribution in [2.75, 3.05) is 13.1 Å². The summed E-state index contributed by atoms with van der Waals surface area (Å²) < 4.78 is 0. The van der Waals surface area contributed by atoms with E-state index in [4.69, 9.17) is 0 Å². The molecule has 134 valence electrons. The zero-order valence-electron chi connectivity index (χ0n) is 15.1. The SMILES string of the molecule is CCCC(N[C@@H]1CCN(Cc2ccccc2)C[C@H]1O)c1ccccc1. The zero-order valence-corrected chi connectivity index (χ0v) is 15.1. The van der Waals surface area contributed by atoms with Crippen LogP contribution < -0.4 is 5.32 Å².